The summed E-state index contributed by atoms with van der Waals surface area (Å²) >= 11 is 1.65. The Bertz CT molecular complexity index is 735. The Kier molecular flexibility index (Phi) is 3.94. The van der Waals surface area contributed by atoms with Crippen molar-refractivity contribution in [3.63, 3.8) is 0 Å². The van der Waals surface area contributed by atoms with Crippen LogP contribution in [0, 0.1) is 6.92 Å². The molecule has 0 atom stereocenters. The summed E-state index contributed by atoms with van der Waals surface area (Å²) in [5, 5.41) is 12.6. The van der Waals surface area contributed by atoms with Crippen LogP contribution in [0.4, 0.5) is 5.00 Å². The Labute approximate surface area is 132 Å². The highest BCUT2D eigenvalue weighted by Crippen LogP contribution is 2.37. The average Bonchev–Trinajstić information content (AvgIpc) is 2.84. The van der Waals surface area contributed by atoms with E-state index < -0.39 is 5.97 Å². The van der Waals surface area contributed by atoms with Crippen LogP contribution in [0.2, 0.25) is 0 Å². The van der Waals surface area contributed by atoms with E-state index in [2.05, 4.69) is 10.3 Å². The van der Waals surface area contributed by atoms with Gasteiger partial charge in [-0.25, -0.2) is 9.78 Å². The maximum atomic E-state index is 12.3. The maximum Gasteiger partial charge on any atom is 0.354 e. The van der Waals surface area contributed by atoms with Crippen molar-refractivity contribution in [1.29, 1.82) is 0 Å². The predicted octanol–water partition coefficient (Wildman–Crippen LogP) is 3.28. The Balaban J connectivity index is 1.79. The second kappa shape index (κ2) is 5.88. The lowest BCUT2D eigenvalue weighted by Gasteiger charge is -2.10. The van der Waals surface area contributed by atoms with Crippen molar-refractivity contribution in [3.8, 4) is 0 Å². The molecule has 3 rings (SSSR count). The molecule has 6 heteroatoms. The molecule has 0 aliphatic heterocycles. The molecule has 1 amide bonds. The largest absolute Gasteiger partial charge is 0.477 e. The molecule has 0 bridgehead atoms. The molecule has 0 saturated carbocycles. The molecule has 0 radical (unpaired) electrons. The van der Waals surface area contributed by atoms with Crippen molar-refractivity contribution in [3.05, 3.63) is 45.6 Å². The molecule has 1 aliphatic rings. The number of carboxylic acids is 1. The number of aromatic nitrogens is 1. The van der Waals surface area contributed by atoms with E-state index in [0.29, 0.717) is 5.56 Å². The van der Waals surface area contributed by atoms with Gasteiger partial charge < -0.3 is 10.4 Å². The summed E-state index contributed by atoms with van der Waals surface area (Å²) in [5.74, 6) is -1.36. The topological polar surface area (TPSA) is 79.3 Å². The molecular weight excluding hydrogens is 300 g/mol. The number of anilines is 1. The minimum Gasteiger partial charge on any atom is -0.477 e. The third-order valence-electron chi connectivity index (χ3n) is 3.91. The van der Waals surface area contributed by atoms with Gasteiger partial charge in [-0.15, -0.1) is 11.3 Å². The zero-order valence-corrected chi connectivity index (χ0v) is 13.0. The van der Waals surface area contributed by atoms with Gasteiger partial charge in [0.2, 0.25) is 0 Å². The number of carbonyl (C=O) groups excluding carboxylic acids is 1. The molecule has 0 unspecified atom stereocenters. The number of carbonyl (C=O) groups is 2. The zero-order chi connectivity index (χ0) is 15.7. The minimum atomic E-state index is -1.10. The smallest absolute Gasteiger partial charge is 0.354 e. The number of nitrogens with zero attached hydrogens (tertiary/aromatic N) is 1. The molecule has 0 spiro atoms. The first-order valence-corrected chi connectivity index (χ1v) is 7.99. The fraction of sp³-hybridized carbons (Fsp3) is 0.312. The lowest BCUT2D eigenvalue weighted by Crippen LogP contribution is -2.13. The molecule has 0 fully saturated rings. The van der Waals surface area contributed by atoms with Crippen molar-refractivity contribution >= 4 is 28.2 Å². The summed E-state index contributed by atoms with van der Waals surface area (Å²) < 4.78 is 0. The summed E-state index contributed by atoms with van der Waals surface area (Å²) in [4.78, 5) is 28.2. The van der Waals surface area contributed by atoms with E-state index in [1.807, 2.05) is 6.92 Å². The number of hydrogen-bond donors (Lipinski definition) is 2. The van der Waals surface area contributed by atoms with Gasteiger partial charge in [-0.05, 0) is 55.9 Å². The number of nitrogens with one attached hydrogen (secondary N) is 1. The van der Waals surface area contributed by atoms with Crippen molar-refractivity contribution in [2.75, 3.05) is 5.32 Å². The van der Waals surface area contributed by atoms with Crippen LogP contribution in [0.3, 0.4) is 0 Å². The summed E-state index contributed by atoms with van der Waals surface area (Å²) in [6.45, 7) is 2.04. The van der Waals surface area contributed by atoms with Crippen molar-refractivity contribution in [1.82, 2.24) is 4.98 Å². The monoisotopic (exact) mass is 316 g/mol. The van der Waals surface area contributed by atoms with Gasteiger partial charge in [-0.2, -0.15) is 0 Å². The van der Waals surface area contributed by atoms with Crippen LogP contribution in [-0.4, -0.2) is 22.0 Å². The molecule has 22 heavy (non-hydrogen) atoms. The quantitative estimate of drug-likeness (QED) is 0.910. The summed E-state index contributed by atoms with van der Waals surface area (Å²) in [6, 6.07) is 2.82. The second-order valence-electron chi connectivity index (χ2n) is 5.36. The van der Waals surface area contributed by atoms with Crippen LogP contribution in [0.1, 0.15) is 49.7 Å². The molecule has 0 aromatic carbocycles. The van der Waals surface area contributed by atoms with E-state index >= 15 is 0 Å². The number of aromatic carboxylic acids is 1. The summed E-state index contributed by atoms with van der Waals surface area (Å²) in [7, 11) is 0. The first-order valence-electron chi connectivity index (χ1n) is 7.18. The van der Waals surface area contributed by atoms with E-state index in [-0.39, 0.29) is 11.6 Å². The third kappa shape index (κ3) is 2.74. The maximum absolute atomic E-state index is 12.3. The first-order chi connectivity index (χ1) is 10.6. The highest BCUT2D eigenvalue weighted by molar-refractivity contribution is 7.16. The summed E-state index contributed by atoms with van der Waals surface area (Å²) in [5.41, 5.74) is 2.82. The van der Waals surface area contributed by atoms with Crippen molar-refractivity contribution in [2.24, 2.45) is 0 Å². The Hall–Kier alpha value is -2.21. The van der Waals surface area contributed by atoms with Gasteiger partial charge in [0.05, 0.1) is 10.6 Å². The molecule has 0 saturated heterocycles. The lowest BCUT2D eigenvalue weighted by molar-refractivity contribution is 0.0690. The number of pyridine rings is 1. The van der Waals surface area contributed by atoms with Gasteiger partial charge in [0.1, 0.15) is 5.69 Å². The average molecular weight is 316 g/mol. The fourth-order valence-corrected chi connectivity index (χ4v) is 3.96. The van der Waals surface area contributed by atoms with E-state index in [0.717, 1.165) is 23.4 Å². The predicted molar refractivity (Wildman–Crippen MR) is 84.8 cm³/mol. The van der Waals surface area contributed by atoms with Gasteiger partial charge in [-0.1, -0.05) is 0 Å². The highest BCUT2D eigenvalue weighted by atomic mass is 32.1. The molecule has 1 aliphatic carbocycles. The summed E-state index contributed by atoms with van der Waals surface area (Å²) in [6.07, 6.45) is 5.88. The molecule has 2 heterocycles. The van der Waals surface area contributed by atoms with Gasteiger partial charge in [0.15, 0.2) is 0 Å². The van der Waals surface area contributed by atoms with E-state index in [1.165, 1.54) is 41.6 Å². The van der Waals surface area contributed by atoms with Crippen LogP contribution >= 0.6 is 11.3 Å². The van der Waals surface area contributed by atoms with Crippen LogP contribution in [-0.2, 0) is 12.8 Å². The van der Waals surface area contributed by atoms with Gasteiger partial charge in [-0.3, -0.25) is 4.79 Å². The van der Waals surface area contributed by atoms with Gasteiger partial charge >= 0.3 is 5.97 Å². The highest BCUT2D eigenvalue weighted by Gasteiger charge is 2.19. The first kappa shape index (κ1) is 14.7. The van der Waals surface area contributed by atoms with Crippen LogP contribution in [0.5, 0.6) is 0 Å². The Morgan fingerprint density at radius 1 is 1.27 bits per heavy atom. The van der Waals surface area contributed by atoms with Gasteiger partial charge in [0.25, 0.3) is 5.91 Å². The molecule has 2 aromatic heterocycles. The number of aryl methyl sites for hydroxylation is 1. The van der Waals surface area contributed by atoms with E-state index in [9.17, 15) is 9.59 Å². The number of rotatable bonds is 3. The number of hydrogen-bond acceptors (Lipinski definition) is 4. The van der Waals surface area contributed by atoms with E-state index in [4.69, 9.17) is 5.11 Å². The standard InChI is InChI=1S/C16H16N2O3S/c1-9-11-4-2-3-5-13(11)22-15(9)18-14(19)10-6-7-12(16(20)21)17-8-10/h6-8H,2-5H2,1H3,(H,18,19)(H,20,21). The molecular formula is C16H16N2O3S. The molecule has 2 aromatic rings. The van der Waals surface area contributed by atoms with Gasteiger partial charge in [0, 0.05) is 11.1 Å². The van der Waals surface area contributed by atoms with Crippen molar-refractivity contribution < 1.29 is 14.7 Å². The fourth-order valence-electron chi connectivity index (χ4n) is 2.67. The van der Waals surface area contributed by atoms with E-state index in [1.54, 1.807) is 11.3 Å². The number of thiophene rings is 1. The van der Waals surface area contributed by atoms with Crippen LogP contribution < -0.4 is 5.32 Å². The number of fused-ring (bicyclic) bond motifs is 1. The SMILES string of the molecule is Cc1c(NC(=O)c2ccc(C(=O)O)nc2)sc2c1CCCC2. The molecule has 114 valence electrons. The van der Waals surface area contributed by atoms with Crippen LogP contribution in [0.25, 0.3) is 0 Å². The van der Waals surface area contributed by atoms with Crippen molar-refractivity contribution in [2.45, 2.75) is 32.6 Å². The molecule has 2 N–H and O–H groups in total. The lowest BCUT2D eigenvalue weighted by atomic mass is 9.96. The normalized spacial score (nSPS) is 13.5. The second-order valence-corrected chi connectivity index (χ2v) is 6.46. The third-order valence-corrected chi connectivity index (χ3v) is 5.22. The Morgan fingerprint density at radius 3 is 2.68 bits per heavy atom. The minimum absolute atomic E-state index is 0.0701. The number of amides is 1. The van der Waals surface area contributed by atoms with Crippen LogP contribution in [0.15, 0.2) is 18.3 Å². The molecule has 5 nitrogen and oxygen atoms in total. The Morgan fingerprint density at radius 2 is 2.05 bits per heavy atom. The number of carboxylic acid groups (broad SMARTS) is 1. The zero-order valence-electron chi connectivity index (χ0n) is 12.2.